The Bertz CT molecular complexity index is 566. The summed E-state index contributed by atoms with van der Waals surface area (Å²) in [6.45, 7) is 2.73. The number of hydrogen-bond acceptors (Lipinski definition) is 4. The number of carboxylic acid groups (broad SMARTS) is 1. The number of hydrogen-bond donors (Lipinski definition) is 3. The first-order valence-electron chi connectivity index (χ1n) is 5.93. The maximum absolute atomic E-state index is 10.9. The molecule has 19 heavy (non-hydrogen) atoms. The van der Waals surface area contributed by atoms with Gasteiger partial charge in [-0.3, -0.25) is 4.68 Å². The maximum Gasteiger partial charge on any atom is 0.337 e. The van der Waals surface area contributed by atoms with Crippen LogP contribution in [0.15, 0.2) is 36.7 Å². The molecule has 1 atom stereocenters. The number of benzene rings is 1. The molecule has 0 aliphatic carbocycles. The second-order valence-corrected chi connectivity index (χ2v) is 4.38. The Labute approximate surface area is 110 Å². The molecule has 4 N–H and O–H groups in total. The number of carbonyl (C=O) groups is 1. The van der Waals surface area contributed by atoms with Gasteiger partial charge in [-0.15, -0.1) is 0 Å². The predicted molar refractivity (Wildman–Crippen MR) is 73.1 cm³/mol. The molecular weight excluding hydrogens is 244 g/mol. The van der Waals surface area contributed by atoms with E-state index in [2.05, 4.69) is 10.4 Å². The van der Waals surface area contributed by atoms with Gasteiger partial charge in [-0.2, -0.15) is 5.10 Å². The Morgan fingerprint density at radius 1 is 1.58 bits per heavy atom. The Morgan fingerprint density at radius 3 is 2.95 bits per heavy atom. The van der Waals surface area contributed by atoms with Crippen molar-refractivity contribution in [2.24, 2.45) is 0 Å². The molecule has 100 valence electrons. The quantitative estimate of drug-likeness (QED) is 0.711. The van der Waals surface area contributed by atoms with Gasteiger partial charge in [0, 0.05) is 29.8 Å². The van der Waals surface area contributed by atoms with Gasteiger partial charge >= 0.3 is 5.97 Å². The van der Waals surface area contributed by atoms with Crippen molar-refractivity contribution >= 4 is 17.3 Å². The number of carboxylic acids is 1. The van der Waals surface area contributed by atoms with Crippen LogP contribution in [0.4, 0.5) is 11.4 Å². The van der Waals surface area contributed by atoms with Gasteiger partial charge in [0.1, 0.15) is 0 Å². The molecule has 0 spiro atoms. The molecule has 0 aliphatic heterocycles. The van der Waals surface area contributed by atoms with E-state index < -0.39 is 5.97 Å². The first-order valence-corrected chi connectivity index (χ1v) is 5.93. The van der Waals surface area contributed by atoms with E-state index in [-0.39, 0.29) is 17.3 Å². The molecule has 2 aromatic rings. The van der Waals surface area contributed by atoms with Gasteiger partial charge in [0.15, 0.2) is 0 Å². The van der Waals surface area contributed by atoms with E-state index in [0.717, 1.165) is 5.69 Å². The van der Waals surface area contributed by atoms with E-state index in [4.69, 9.17) is 10.8 Å². The van der Waals surface area contributed by atoms with E-state index in [9.17, 15) is 4.79 Å². The summed E-state index contributed by atoms with van der Waals surface area (Å²) in [5.41, 5.74) is 6.86. The average molecular weight is 260 g/mol. The average Bonchev–Trinajstić information content (AvgIpc) is 2.81. The van der Waals surface area contributed by atoms with Crippen molar-refractivity contribution in [3.05, 3.63) is 42.2 Å². The number of nitrogens with zero attached hydrogens (tertiary/aromatic N) is 2. The standard InChI is InChI=1S/C13H16N4O2/c1-9(8-17-6-2-5-15-17)16-10-3-4-11(13(18)19)12(14)7-10/h2-7,9,16H,8,14H2,1H3,(H,18,19). The van der Waals surface area contributed by atoms with Crippen LogP contribution in [-0.2, 0) is 6.54 Å². The largest absolute Gasteiger partial charge is 0.478 e. The van der Waals surface area contributed by atoms with Crippen LogP contribution in [0.2, 0.25) is 0 Å². The summed E-state index contributed by atoms with van der Waals surface area (Å²) in [6, 6.07) is 6.85. The van der Waals surface area contributed by atoms with Crippen molar-refractivity contribution in [3.8, 4) is 0 Å². The van der Waals surface area contributed by atoms with Crippen LogP contribution in [0.25, 0.3) is 0 Å². The third-order valence-electron chi connectivity index (χ3n) is 2.72. The Balaban J connectivity index is 2.03. The number of nitrogen functional groups attached to an aromatic ring is 1. The summed E-state index contributed by atoms with van der Waals surface area (Å²) in [4.78, 5) is 10.9. The molecule has 0 fully saturated rings. The number of rotatable bonds is 5. The van der Waals surface area contributed by atoms with Gasteiger partial charge in [-0.05, 0) is 31.2 Å². The topological polar surface area (TPSA) is 93.2 Å². The number of nitrogens with two attached hydrogens (primary N) is 1. The van der Waals surface area contributed by atoms with E-state index in [1.165, 1.54) is 6.07 Å². The van der Waals surface area contributed by atoms with Gasteiger partial charge in [0.2, 0.25) is 0 Å². The predicted octanol–water partition coefficient (Wildman–Crippen LogP) is 1.66. The Hall–Kier alpha value is -2.50. The molecular formula is C13H16N4O2. The highest BCUT2D eigenvalue weighted by Crippen LogP contribution is 2.18. The zero-order valence-corrected chi connectivity index (χ0v) is 10.6. The van der Waals surface area contributed by atoms with Crippen molar-refractivity contribution in [1.29, 1.82) is 0 Å². The van der Waals surface area contributed by atoms with E-state index in [1.54, 1.807) is 18.3 Å². The summed E-state index contributed by atoms with van der Waals surface area (Å²) in [5.74, 6) is -1.02. The fourth-order valence-corrected chi connectivity index (χ4v) is 1.87. The summed E-state index contributed by atoms with van der Waals surface area (Å²) < 4.78 is 1.83. The second-order valence-electron chi connectivity index (χ2n) is 4.38. The Kier molecular flexibility index (Phi) is 3.70. The molecule has 1 heterocycles. The number of aromatic nitrogens is 2. The molecule has 0 amide bonds. The fourth-order valence-electron chi connectivity index (χ4n) is 1.87. The van der Waals surface area contributed by atoms with E-state index in [0.29, 0.717) is 6.54 Å². The molecule has 6 heteroatoms. The van der Waals surface area contributed by atoms with Crippen LogP contribution < -0.4 is 11.1 Å². The number of anilines is 2. The highest BCUT2D eigenvalue weighted by Gasteiger charge is 2.09. The molecule has 2 rings (SSSR count). The lowest BCUT2D eigenvalue weighted by Crippen LogP contribution is -2.22. The lowest BCUT2D eigenvalue weighted by Gasteiger charge is -2.16. The highest BCUT2D eigenvalue weighted by molar-refractivity contribution is 5.94. The highest BCUT2D eigenvalue weighted by atomic mass is 16.4. The lowest BCUT2D eigenvalue weighted by atomic mass is 10.1. The molecule has 0 aliphatic rings. The van der Waals surface area contributed by atoms with Gasteiger partial charge < -0.3 is 16.2 Å². The zero-order chi connectivity index (χ0) is 13.8. The van der Waals surface area contributed by atoms with E-state index in [1.807, 2.05) is 23.9 Å². The molecule has 0 saturated carbocycles. The SMILES string of the molecule is CC(Cn1cccn1)Nc1ccc(C(=O)O)c(N)c1. The van der Waals surface area contributed by atoms with Crippen LogP contribution in [0.1, 0.15) is 17.3 Å². The minimum absolute atomic E-state index is 0.116. The molecule has 0 saturated heterocycles. The smallest absolute Gasteiger partial charge is 0.337 e. The molecule has 0 radical (unpaired) electrons. The van der Waals surface area contributed by atoms with Crippen molar-refractivity contribution in [2.45, 2.75) is 19.5 Å². The van der Waals surface area contributed by atoms with Crippen molar-refractivity contribution in [1.82, 2.24) is 9.78 Å². The minimum atomic E-state index is -1.02. The molecule has 1 aromatic heterocycles. The summed E-state index contributed by atoms with van der Waals surface area (Å²) in [6.07, 6.45) is 3.62. The normalized spacial score (nSPS) is 12.1. The first kappa shape index (κ1) is 12.9. The third kappa shape index (κ3) is 3.25. The molecule has 6 nitrogen and oxygen atoms in total. The monoisotopic (exact) mass is 260 g/mol. The molecule has 0 bridgehead atoms. The fraction of sp³-hybridized carbons (Fsp3) is 0.231. The molecule has 1 aromatic carbocycles. The number of nitrogens with one attached hydrogen (secondary N) is 1. The van der Waals surface area contributed by atoms with Crippen LogP contribution in [0.5, 0.6) is 0 Å². The van der Waals surface area contributed by atoms with Crippen LogP contribution in [-0.4, -0.2) is 26.9 Å². The zero-order valence-electron chi connectivity index (χ0n) is 10.6. The van der Waals surface area contributed by atoms with Crippen molar-refractivity contribution in [3.63, 3.8) is 0 Å². The van der Waals surface area contributed by atoms with Crippen LogP contribution in [0.3, 0.4) is 0 Å². The van der Waals surface area contributed by atoms with Gasteiger partial charge in [0.05, 0.1) is 12.1 Å². The van der Waals surface area contributed by atoms with E-state index >= 15 is 0 Å². The van der Waals surface area contributed by atoms with Crippen molar-refractivity contribution < 1.29 is 9.90 Å². The number of aromatic carboxylic acids is 1. The third-order valence-corrected chi connectivity index (χ3v) is 2.72. The van der Waals surface area contributed by atoms with Crippen LogP contribution >= 0.6 is 0 Å². The summed E-state index contributed by atoms with van der Waals surface area (Å²) in [7, 11) is 0. The van der Waals surface area contributed by atoms with Crippen LogP contribution in [0, 0.1) is 0 Å². The second kappa shape index (κ2) is 5.43. The Morgan fingerprint density at radius 2 is 2.37 bits per heavy atom. The van der Waals surface area contributed by atoms with Gasteiger partial charge in [0.25, 0.3) is 0 Å². The van der Waals surface area contributed by atoms with Crippen molar-refractivity contribution in [2.75, 3.05) is 11.1 Å². The lowest BCUT2D eigenvalue weighted by molar-refractivity contribution is 0.0698. The van der Waals surface area contributed by atoms with Gasteiger partial charge in [-0.1, -0.05) is 0 Å². The summed E-state index contributed by atoms with van der Waals surface area (Å²) >= 11 is 0. The minimum Gasteiger partial charge on any atom is -0.478 e. The first-order chi connectivity index (χ1) is 9.06. The summed E-state index contributed by atoms with van der Waals surface area (Å²) in [5, 5.41) is 16.3. The molecule has 1 unspecified atom stereocenters. The van der Waals surface area contributed by atoms with Gasteiger partial charge in [-0.25, -0.2) is 4.79 Å². The maximum atomic E-state index is 10.9.